The van der Waals surface area contributed by atoms with Gasteiger partial charge in [0.1, 0.15) is 0 Å². The molecular weight excluding hydrogens is 288 g/mol. The summed E-state index contributed by atoms with van der Waals surface area (Å²) in [6, 6.07) is 13.0. The van der Waals surface area contributed by atoms with Crippen LogP contribution in [0.25, 0.3) is 0 Å². The lowest BCUT2D eigenvalue weighted by Crippen LogP contribution is -2.17. The molecule has 1 atom stereocenters. The first-order chi connectivity index (χ1) is 11.0. The number of carbonyl (C=O) groups excluding carboxylic acids is 2. The number of aryl methyl sites for hydroxylation is 1. The Morgan fingerprint density at radius 2 is 1.91 bits per heavy atom. The molecule has 23 heavy (non-hydrogen) atoms. The fourth-order valence-corrected chi connectivity index (χ4v) is 3.05. The minimum absolute atomic E-state index is 0.0254. The molecule has 0 aliphatic carbocycles. The van der Waals surface area contributed by atoms with Gasteiger partial charge in [0, 0.05) is 16.9 Å². The highest BCUT2D eigenvalue weighted by Crippen LogP contribution is 2.38. The zero-order valence-corrected chi connectivity index (χ0v) is 13.5. The summed E-state index contributed by atoms with van der Waals surface area (Å²) in [5.41, 5.74) is 4.08. The van der Waals surface area contributed by atoms with E-state index in [1.807, 2.05) is 57.2 Å². The van der Waals surface area contributed by atoms with Gasteiger partial charge < -0.3 is 10.6 Å². The first kappa shape index (κ1) is 15.3. The minimum atomic E-state index is -0.166. The van der Waals surface area contributed by atoms with Gasteiger partial charge in [-0.05, 0) is 48.2 Å². The predicted molar refractivity (Wildman–Crippen MR) is 91.8 cm³/mol. The fourth-order valence-electron chi connectivity index (χ4n) is 3.05. The Kier molecular flexibility index (Phi) is 3.90. The highest BCUT2D eigenvalue weighted by Gasteiger charge is 2.33. The number of hydrogen-bond acceptors (Lipinski definition) is 2. The highest BCUT2D eigenvalue weighted by molar-refractivity contribution is 6.07. The molecule has 1 aliphatic heterocycles. The van der Waals surface area contributed by atoms with Crippen LogP contribution in [0.4, 0.5) is 11.4 Å². The Morgan fingerprint density at radius 3 is 2.61 bits per heavy atom. The van der Waals surface area contributed by atoms with E-state index in [9.17, 15) is 9.59 Å². The van der Waals surface area contributed by atoms with E-state index in [0.29, 0.717) is 11.3 Å². The van der Waals surface area contributed by atoms with Crippen molar-refractivity contribution in [1.82, 2.24) is 0 Å². The van der Waals surface area contributed by atoms with E-state index in [1.54, 1.807) is 6.07 Å². The number of benzene rings is 2. The summed E-state index contributed by atoms with van der Waals surface area (Å²) in [7, 11) is 0. The summed E-state index contributed by atoms with van der Waals surface area (Å²) in [4.78, 5) is 24.5. The van der Waals surface area contributed by atoms with Gasteiger partial charge in [-0.1, -0.05) is 32.0 Å². The Balaban J connectivity index is 1.87. The number of carbonyl (C=O) groups is 2. The van der Waals surface area contributed by atoms with Gasteiger partial charge in [0.05, 0.1) is 5.92 Å². The van der Waals surface area contributed by atoms with Crippen molar-refractivity contribution in [3.05, 3.63) is 59.2 Å². The predicted octanol–water partition coefficient (Wildman–Crippen LogP) is 3.94. The second-order valence-electron chi connectivity index (χ2n) is 6.28. The fraction of sp³-hybridized carbons (Fsp3) is 0.263. The second-order valence-corrected chi connectivity index (χ2v) is 6.28. The maximum atomic E-state index is 12.4. The van der Waals surface area contributed by atoms with Crippen LogP contribution in [-0.4, -0.2) is 11.8 Å². The highest BCUT2D eigenvalue weighted by atomic mass is 16.2. The van der Waals surface area contributed by atoms with Crippen LogP contribution < -0.4 is 10.6 Å². The van der Waals surface area contributed by atoms with Crippen molar-refractivity contribution in [3.63, 3.8) is 0 Å². The van der Waals surface area contributed by atoms with Crippen molar-refractivity contribution >= 4 is 23.2 Å². The SMILES string of the molecule is Cc1ccccc1C(=O)Nc1ccc2c(c1)C(C(C)C)C(=O)N2. The van der Waals surface area contributed by atoms with Crippen molar-refractivity contribution < 1.29 is 9.59 Å². The number of anilines is 2. The molecule has 0 fully saturated rings. The molecule has 0 bridgehead atoms. The van der Waals surface area contributed by atoms with Crippen molar-refractivity contribution in [2.45, 2.75) is 26.7 Å². The topological polar surface area (TPSA) is 58.2 Å². The second kappa shape index (κ2) is 5.88. The summed E-state index contributed by atoms with van der Waals surface area (Å²) < 4.78 is 0. The molecule has 0 spiro atoms. The van der Waals surface area contributed by atoms with Gasteiger partial charge in [-0.15, -0.1) is 0 Å². The Labute approximate surface area is 135 Å². The molecule has 1 unspecified atom stereocenters. The van der Waals surface area contributed by atoms with Gasteiger partial charge in [0.15, 0.2) is 0 Å². The zero-order valence-electron chi connectivity index (χ0n) is 13.5. The largest absolute Gasteiger partial charge is 0.325 e. The molecule has 2 aromatic carbocycles. The lowest BCUT2D eigenvalue weighted by atomic mass is 9.89. The van der Waals surface area contributed by atoms with Crippen molar-refractivity contribution in [3.8, 4) is 0 Å². The van der Waals surface area contributed by atoms with E-state index in [2.05, 4.69) is 10.6 Å². The lowest BCUT2D eigenvalue weighted by Gasteiger charge is -2.14. The van der Waals surface area contributed by atoms with Gasteiger partial charge in [-0.25, -0.2) is 0 Å². The van der Waals surface area contributed by atoms with Crippen molar-refractivity contribution in [2.75, 3.05) is 10.6 Å². The normalized spacial score (nSPS) is 16.2. The molecule has 1 heterocycles. The third kappa shape index (κ3) is 2.84. The standard InChI is InChI=1S/C19H20N2O2/c1-11(2)17-15-10-13(8-9-16(15)21-19(17)23)20-18(22)14-7-5-4-6-12(14)3/h4-11,17H,1-3H3,(H,20,22)(H,21,23). The number of rotatable bonds is 3. The molecule has 2 aromatic rings. The maximum absolute atomic E-state index is 12.4. The molecule has 118 valence electrons. The van der Waals surface area contributed by atoms with E-state index in [1.165, 1.54) is 0 Å². The Hall–Kier alpha value is -2.62. The maximum Gasteiger partial charge on any atom is 0.255 e. The van der Waals surface area contributed by atoms with E-state index >= 15 is 0 Å². The van der Waals surface area contributed by atoms with E-state index in [0.717, 1.165) is 16.8 Å². The first-order valence-electron chi connectivity index (χ1n) is 7.79. The molecule has 0 saturated heterocycles. The van der Waals surface area contributed by atoms with Gasteiger partial charge in [0.2, 0.25) is 5.91 Å². The van der Waals surface area contributed by atoms with Crippen LogP contribution in [0.2, 0.25) is 0 Å². The first-order valence-corrected chi connectivity index (χ1v) is 7.79. The van der Waals surface area contributed by atoms with Crippen molar-refractivity contribution in [1.29, 1.82) is 0 Å². The Morgan fingerprint density at radius 1 is 1.17 bits per heavy atom. The molecule has 3 rings (SSSR count). The molecular formula is C19H20N2O2. The average molecular weight is 308 g/mol. The van der Waals surface area contributed by atoms with Crippen LogP contribution in [0.3, 0.4) is 0 Å². The molecule has 2 amide bonds. The summed E-state index contributed by atoms with van der Waals surface area (Å²) in [5.74, 6) is -0.0716. The zero-order chi connectivity index (χ0) is 16.6. The smallest absolute Gasteiger partial charge is 0.255 e. The van der Waals surface area contributed by atoms with Gasteiger partial charge in [-0.3, -0.25) is 9.59 Å². The average Bonchev–Trinajstić information content (AvgIpc) is 2.82. The molecule has 4 heteroatoms. The summed E-state index contributed by atoms with van der Waals surface area (Å²) in [6.07, 6.45) is 0. The number of amides is 2. The minimum Gasteiger partial charge on any atom is -0.325 e. The van der Waals surface area contributed by atoms with E-state index < -0.39 is 0 Å². The van der Waals surface area contributed by atoms with E-state index in [4.69, 9.17) is 0 Å². The molecule has 1 aliphatic rings. The van der Waals surface area contributed by atoms with Crippen molar-refractivity contribution in [2.24, 2.45) is 5.92 Å². The molecule has 0 aromatic heterocycles. The quantitative estimate of drug-likeness (QED) is 0.902. The van der Waals surface area contributed by atoms with Crippen LogP contribution in [0.15, 0.2) is 42.5 Å². The lowest BCUT2D eigenvalue weighted by molar-refractivity contribution is -0.117. The third-order valence-electron chi connectivity index (χ3n) is 4.24. The van der Waals surface area contributed by atoms with Crippen LogP contribution >= 0.6 is 0 Å². The molecule has 4 nitrogen and oxygen atoms in total. The van der Waals surface area contributed by atoms with Crippen LogP contribution in [0, 0.1) is 12.8 Å². The number of fused-ring (bicyclic) bond motifs is 1. The summed E-state index contributed by atoms with van der Waals surface area (Å²) in [5, 5.41) is 5.82. The summed E-state index contributed by atoms with van der Waals surface area (Å²) >= 11 is 0. The van der Waals surface area contributed by atoms with Crippen LogP contribution in [0.1, 0.15) is 41.3 Å². The van der Waals surface area contributed by atoms with Gasteiger partial charge >= 0.3 is 0 Å². The van der Waals surface area contributed by atoms with Crippen LogP contribution in [-0.2, 0) is 4.79 Å². The van der Waals surface area contributed by atoms with Gasteiger partial charge in [0.25, 0.3) is 5.91 Å². The molecule has 0 radical (unpaired) electrons. The molecule has 2 N–H and O–H groups in total. The monoisotopic (exact) mass is 308 g/mol. The summed E-state index contributed by atoms with van der Waals surface area (Å²) in [6.45, 7) is 5.96. The Bertz CT molecular complexity index is 781. The molecule has 0 saturated carbocycles. The third-order valence-corrected chi connectivity index (χ3v) is 4.24. The van der Waals surface area contributed by atoms with E-state index in [-0.39, 0.29) is 23.7 Å². The van der Waals surface area contributed by atoms with Crippen LogP contribution in [0.5, 0.6) is 0 Å². The van der Waals surface area contributed by atoms with Gasteiger partial charge in [-0.2, -0.15) is 0 Å². The number of nitrogens with one attached hydrogen (secondary N) is 2. The number of hydrogen-bond donors (Lipinski definition) is 2.